The highest BCUT2D eigenvalue weighted by molar-refractivity contribution is 5.62. The maximum atomic E-state index is 4.25. The molecule has 1 aromatic carbocycles. The molecule has 2 aliphatic rings. The van der Waals surface area contributed by atoms with Crippen molar-refractivity contribution in [3.8, 4) is 0 Å². The van der Waals surface area contributed by atoms with Gasteiger partial charge in [0, 0.05) is 57.2 Å². The zero-order valence-electron chi connectivity index (χ0n) is 14.8. The normalized spacial score (nSPS) is 18.2. The molecule has 0 bridgehead atoms. The topological polar surface area (TPSA) is 56.3 Å². The molecule has 0 spiro atoms. The summed E-state index contributed by atoms with van der Waals surface area (Å²) in [5.74, 6) is 2.58. The van der Waals surface area contributed by atoms with Gasteiger partial charge in [-0.3, -0.25) is 4.90 Å². The third kappa shape index (κ3) is 4.20. The first-order valence-corrected chi connectivity index (χ1v) is 9.14. The van der Waals surface area contributed by atoms with Crippen molar-refractivity contribution in [2.75, 3.05) is 55.3 Å². The van der Waals surface area contributed by atoms with E-state index in [0.717, 1.165) is 36.3 Å². The van der Waals surface area contributed by atoms with Gasteiger partial charge in [0.15, 0.2) is 0 Å². The van der Waals surface area contributed by atoms with Crippen molar-refractivity contribution in [1.29, 1.82) is 0 Å². The summed E-state index contributed by atoms with van der Waals surface area (Å²) in [5.41, 5.74) is 2.34. The van der Waals surface area contributed by atoms with Gasteiger partial charge in [0.05, 0.1) is 0 Å². The quantitative estimate of drug-likeness (QED) is 0.845. The Hall–Kier alpha value is -2.34. The number of benzene rings is 1. The van der Waals surface area contributed by atoms with E-state index < -0.39 is 0 Å². The van der Waals surface area contributed by atoms with Crippen LogP contribution in [0.1, 0.15) is 12.8 Å². The van der Waals surface area contributed by atoms with E-state index in [1.54, 1.807) is 6.33 Å². The van der Waals surface area contributed by atoms with E-state index in [9.17, 15) is 0 Å². The average Bonchev–Trinajstić information content (AvgIpc) is 3.47. The van der Waals surface area contributed by atoms with Gasteiger partial charge in [-0.1, -0.05) is 0 Å². The van der Waals surface area contributed by atoms with Crippen LogP contribution in [0, 0.1) is 5.92 Å². The molecule has 2 fully saturated rings. The lowest BCUT2D eigenvalue weighted by Gasteiger charge is -2.36. The second-order valence-electron chi connectivity index (χ2n) is 6.94. The molecule has 1 saturated heterocycles. The molecule has 1 saturated carbocycles. The van der Waals surface area contributed by atoms with Crippen molar-refractivity contribution < 1.29 is 0 Å². The molecule has 0 unspecified atom stereocenters. The zero-order valence-corrected chi connectivity index (χ0v) is 14.8. The van der Waals surface area contributed by atoms with Gasteiger partial charge in [-0.25, -0.2) is 9.97 Å². The molecule has 1 aliphatic carbocycles. The molecule has 4 rings (SSSR count). The molecular formula is C19H26N6. The first-order chi connectivity index (χ1) is 12.3. The third-order valence-corrected chi connectivity index (χ3v) is 5.01. The van der Waals surface area contributed by atoms with Crippen LogP contribution in [0.25, 0.3) is 0 Å². The minimum absolute atomic E-state index is 0.792. The van der Waals surface area contributed by atoms with Crippen molar-refractivity contribution >= 4 is 23.0 Å². The van der Waals surface area contributed by atoms with Crippen molar-refractivity contribution in [1.82, 2.24) is 14.9 Å². The van der Waals surface area contributed by atoms with Crippen molar-refractivity contribution in [3.05, 3.63) is 36.7 Å². The first kappa shape index (κ1) is 16.1. The van der Waals surface area contributed by atoms with Gasteiger partial charge in [0.1, 0.15) is 18.0 Å². The molecule has 1 aliphatic heterocycles. The van der Waals surface area contributed by atoms with Crippen LogP contribution < -0.4 is 15.5 Å². The molecule has 0 atom stereocenters. The molecule has 0 radical (unpaired) electrons. The van der Waals surface area contributed by atoms with Crippen molar-refractivity contribution in [2.24, 2.45) is 5.92 Å². The molecule has 6 nitrogen and oxygen atoms in total. The van der Waals surface area contributed by atoms with Crippen LogP contribution in [0.4, 0.5) is 23.0 Å². The second kappa shape index (κ2) is 7.27. The standard InChI is InChI=1S/C19H26N6/c1-20-18-12-19(22-14-21-18)23-16-4-6-17(7-5-16)25-10-8-24(9-11-25)13-15-2-3-15/h4-7,12,14-15H,2-3,8-11,13H2,1H3,(H2,20,21,22,23). The number of rotatable bonds is 6. The third-order valence-electron chi connectivity index (χ3n) is 5.01. The molecule has 0 amide bonds. The fourth-order valence-corrected chi connectivity index (χ4v) is 3.32. The van der Waals surface area contributed by atoms with E-state index in [-0.39, 0.29) is 0 Å². The SMILES string of the molecule is CNc1cc(Nc2ccc(N3CCN(CC4CC4)CC3)cc2)ncn1. The highest BCUT2D eigenvalue weighted by Crippen LogP contribution is 2.30. The number of anilines is 4. The fourth-order valence-electron chi connectivity index (χ4n) is 3.32. The van der Waals surface area contributed by atoms with Crippen molar-refractivity contribution in [2.45, 2.75) is 12.8 Å². The van der Waals surface area contributed by atoms with E-state index >= 15 is 0 Å². The van der Waals surface area contributed by atoms with Gasteiger partial charge in [0.2, 0.25) is 0 Å². The Morgan fingerprint density at radius 2 is 1.72 bits per heavy atom. The molecule has 25 heavy (non-hydrogen) atoms. The molecule has 2 aromatic rings. The summed E-state index contributed by atoms with van der Waals surface area (Å²) in [6.07, 6.45) is 4.44. The van der Waals surface area contributed by atoms with E-state index in [4.69, 9.17) is 0 Å². The Balaban J connectivity index is 1.33. The lowest BCUT2D eigenvalue weighted by molar-refractivity contribution is 0.248. The van der Waals surface area contributed by atoms with Gasteiger partial charge < -0.3 is 15.5 Å². The van der Waals surface area contributed by atoms with Crippen LogP contribution in [-0.2, 0) is 0 Å². The monoisotopic (exact) mass is 338 g/mol. The fraction of sp³-hybridized carbons (Fsp3) is 0.474. The number of nitrogens with one attached hydrogen (secondary N) is 2. The minimum Gasteiger partial charge on any atom is -0.373 e. The number of piperazine rings is 1. The summed E-state index contributed by atoms with van der Waals surface area (Å²) in [5, 5.41) is 6.35. The predicted octanol–water partition coefficient (Wildman–Crippen LogP) is 2.79. The molecule has 132 valence electrons. The average molecular weight is 338 g/mol. The molecule has 6 heteroatoms. The maximum absolute atomic E-state index is 4.25. The summed E-state index contributed by atoms with van der Waals surface area (Å²) in [7, 11) is 1.85. The van der Waals surface area contributed by atoms with Crippen LogP contribution in [0.2, 0.25) is 0 Å². The Morgan fingerprint density at radius 3 is 2.40 bits per heavy atom. The largest absolute Gasteiger partial charge is 0.373 e. The molecular weight excluding hydrogens is 312 g/mol. The number of aromatic nitrogens is 2. The van der Waals surface area contributed by atoms with Crippen LogP contribution >= 0.6 is 0 Å². The second-order valence-corrected chi connectivity index (χ2v) is 6.94. The molecule has 2 N–H and O–H groups in total. The van der Waals surface area contributed by atoms with Gasteiger partial charge in [-0.05, 0) is 43.0 Å². The van der Waals surface area contributed by atoms with Crippen LogP contribution in [0.15, 0.2) is 36.7 Å². The number of nitrogens with zero attached hydrogens (tertiary/aromatic N) is 4. The molecule has 1 aromatic heterocycles. The van der Waals surface area contributed by atoms with E-state index in [0.29, 0.717) is 0 Å². The molecule has 2 heterocycles. The summed E-state index contributed by atoms with van der Waals surface area (Å²) >= 11 is 0. The van der Waals surface area contributed by atoms with Crippen LogP contribution in [0.5, 0.6) is 0 Å². The van der Waals surface area contributed by atoms with E-state index in [2.05, 4.69) is 54.7 Å². The van der Waals surface area contributed by atoms with Crippen LogP contribution in [-0.4, -0.2) is 54.6 Å². The van der Waals surface area contributed by atoms with Gasteiger partial charge in [-0.2, -0.15) is 0 Å². The summed E-state index contributed by atoms with van der Waals surface area (Å²) in [6, 6.07) is 10.5. The highest BCUT2D eigenvalue weighted by atomic mass is 15.3. The van der Waals surface area contributed by atoms with Crippen LogP contribution in [0.3, 0.4) is 0 Å². The predicted molar refractivity (Wildman–Crippen MR) is 103 cm³/mol. The lowest BCUT2D eigenvalue weighted by atomic mass is 10.2. The number of hydrogen-bond donors (Lipinski definition) is 2. The lowest BCUT2D eigenvalue weighted by Crippen LogP contribution is -2.47. The Labute approximate surface area is 149 Å². The smallest absolute Gasteiger partial charge is 0.135 e. The van der Waals surface area contributed by atoms with Crippen molar-refractivity contribution in [3.63, 3.8) is 0 Å². The zero-order chi connectivity index (χ0) is 17.1. The Kier molecular flexibility index (Phi) is 4.70. The number of hydrogen-bond acceptors (Lipinski definition) is 6. The summed E-state index contributed by atoms with van der Waals surface area (Å²) in [4.78, 5) is 13.5. The van der Waals surface area contributed by atoms with Gasteiger partial charge in [0.25, 0.3) is 0 Å². The summed E-state index contributed by atoms with van der Waals surface area (Å²) < 4.78 is 0. The Bertz CT molecular complexity index is 689. The highest BCUT2D eigenvalue weighted by Gasteiger charge is 2.26. The van der Waals surface area contributed by atoms with Gasteiger partial charge >= 0.3 is 0 Å². The van der Waals surface area contributed by atoms with E-state index in [1.165, 1.54) is 38.2 Å². The summed E-state index contributed by atoms with van der Waals surface area (Å²) in [6.45, 7) is 5.92. The first-order valence-electron chi connectivity index (χ1n) is 9.14. The Morgan fingerprint density at radius 1 is 1.00 bits per heavy atom. The van der Waals surface area contributed by atoms with Gasteiger partial charge in [-0.15, -0.1) is 0 Å². The van der Waals surface area contributed by atoms with E-state index in [1.807, 2.05) is 13.1 Å². The maximum Gasteiger partial charge on any atom is 0.135 e. The minimum atomic E-state index is 0.792.